The van der Waals surface area contributed by atoms with Crippen LogP contribution in [0.4, 0.5) is 0 Å². The van der Waals surface area contributed by atoms with Gasteiger partial charge in [-0.25, -0.2) is 0 Å². The number of rotatable bonds is 2. The average molecular weight is 255 g/mol. The first-order valence-electron chi connectivity index (χ1n) is 5.18. The minimum atomic E-state index is 0.439. The molecule has 76 valence electrons. The number of hydrogen-bond donors (Lipinski definition) is 0. The number of ether oxygens (including phenoxy) is 1. The van der Waals surface area contributed by atoms with Gasteiger partial charge in [-0.1, -0.05) is 6.07 Å². The third-order valence-corrected chi connectivity index (χ3v) is 3.30. The first-order chi connectivity index (χ1) is 6.75. The molecular weight excluding hydrogens is 240 g/mol. The van der Waals surface area contributed by atoms with Crippen LogP contribution < -0.4 is 4.74 Å². The third kappa shape index (κ3) is 2.30. The molecule has 1 nitrogen and oxygen atoms in total. The van der Waals surface area contributed by atoms with Gasteiger partial charge in [0.1, 0.15) is 5.75 Å². The van der Waals surface area contributed by atoms with Crippen molar-refractivity contribution in [3.05, 3.63) is 28.2 Å². The summed E-state index contributed by atoms with van der Waals surface area (Å²) in [4.78, 5) is 0. The molecule has 0 aliphatic heterocycles. The SMILES string of the molecule is Cc1ccc(OC2CCCC2)c(Br)c1. The van der Waals surface area contributed by atoms with Crippen molar-refractivity contribution < 1.29 is 4.74 Å². The fourth-order valence-corrected chi connectivity index (χ4v) is 2.47. The van der Waals surface area contributed by atoms with Crippen molar-refractivity contribution in [3.63, 3.8) is 0 Å². The second-order valence-electron chi connectivity index (χ2n) is 3.96. The van der Waals surface area contributed by atoms with E-state index in [4.69, 9.17) is 4.74 Å². The summed E-state index contributed by atoms with van der Waals surface area (Å²) in [6.45, 7) is 2.09. The van der Waals surface area contributed by atoms with Gasteiger partial charge in [-0.05, 0) is 66.2 Å². The Morgan fingerprint density at radius 2 is 2.00 bits per heavy atom. The molecule has 1 saturated carbocycles. The maximum absolute atomic E-state index is 5.91. The molecule has 14 heavy (non-hydrogen) atoms. The Labute approximate surface area is 93.6 Å². The summed E-state index contributed by atoms with van der Waals surface area (Å²) in [5, 5.41) is 0. The highest BCUT2D eigenvalue weighted by Crippen LogP contribution is 2.30. The largest absolute Gasteiger partial charge is 0.489 e. The molecule has 0 aromatic heterocycles. The van der Waals surface area contributed by atoms with Crippen molar-refractivity contribution in [2.75, 3.05) is 0 Å². The summed E-state index contributed by atoms with van der Waals surface area (Å²) in [5.74, 6) is 0.988. The topological polar surface area (TPSA) is 9.23 Å². The van der Waals surface area contributed by atoms with Crippen LogP contribution in [0.15, 0.2) is 22.7 Å². The van der Waals surface area contributed by atoms with Crippen molar-refractivity contribution in [2.24, 2.45) is 0 Å². The van der Waals surface area contributed by atoms with E-state index in [9.17, 15) is 0 Å². The van der Waals surface area contributed by atoms with Crippen LogP contribution in [0, 0.1) is 6.92 Å². The fraction of sp³-hybridized carbons (Fsp3) is 0.500. The second-order valence-corrected chi connectivity index (χ2v) is 4.81. The Morgan fingerprint density at radius 1 is 1.29 bits per heavy atom. The summed E-state index contributed by atoms with van der Waals surface area (Å²) in [5.41, 5.74) is 1.26. The standard InChI is InChI=1S/C12H15BrO/c1-9-6-7-12(11(13)8-9)14-10-4-2-3-5-10/h6-8,10H,2-5H2,1H3. The molecule has 0 radical (unpaired) electrons. The van der Waals surface area contributed by atoms with Crippen LogP contribution in [-0.2, 0) is 0 Å². The van der Waals surface area contributed by atoms with Crippen LogP contribution in [0.3, 0.4) is 0 Å². The molecule has 1 aromatic rings. The summed E-state index contributed by atoms with van der Waals surface area (Å²) in [7, 11) is 0. The molecule has 0 heterocycles. The Kier molecular flexibility index (Phi) is 3.12. The van der Waals surface area contributed by atoms with Crippen LogP contribution in [-0.4, -0.2) is 6.10 Å². The lowest BCUT2D eigenvalue weighted by Crippen LogP contribution is -2.11. The number of aryl methyl sites for hydroxylation is 1. The van der Waals surface area contributed by atoms with E-state index in [1.54, 1.807) is 0 Å². The van der Waals surface area contributed by atoms with E-state index in [2.05, 4.69) is 41.1 Å². The molecule has 1 fully saturated rings. The maximum Gasteiger partial charge on any atom is 0.133 e. The maximum atomic E-state index is 5.91. The smallest absolute Gasteiger partial charge is 0.133 e. The molecule has 0 N–H and O–H groups in total. The van der Waals surface area contributed by atoms with Gasteiger partial charge >= 0.3 is 0 Å². The second kappa shape index (κ2) is 4.35. The first kappa shape index (κ1) is 10.0. The van der Waals surface area contributed by atoms with Gasteiger partial charge < -0.3 is 4.74 Å². The van der Waals surface area contributed by atoms with Gasteiger partial charge in [-0.2, -0.15) is 0 Å². The van der Waals surface area contributed by atoms with E-state index in [0.717, 1.165) is 10.2 Å². The number of benzene rings is 1. The number of halogens is 1. The van der Waals surface area contributed by atoms with Crippen molar-refractivity contribution in [2.45, 2.75) is 38.7 Å². The van der Waals surface area contributed by atoms with E-state index in [0.29, 0.717) is 6.10 Å². The molecule has 0 saturated heterocycles. The zero-order valence-corrected chi connectivity index (χ0v) is 10.0. The van der Waals surface area contributed by atoms with Gasteiger partial charge in [0.05, 0.1) is 10.6 Å². The predicted molar refractivity (Wildman–Crippen MR) is 61.8 cm³/mol. The molecule has 1 aliphatic rings. The Morgan fingerprint density at radius 3 is 2.64 bits per heavy atom. The molecule has 0 spiro atoms. The lowest BCUT2D eigenvalue weighted by molar-refractivity contribution is 0.208. The van der Waals surface area contributed by atoms with Crippen LogP contribution in [0.5, 0.6) is 5.75 Å². The normalized spacial score (nSPS) is 17.3. The summed E-state index contributed by atoms with van der Waals surface area (Å²) < 4.78 is 6.99. The minimum absolute atomic E-state index is 0.439. The van der Waals surface area contributed by atoms with E-state index in [-0.39, 0.29) is 0 Å². The van der Waals surface area contributed by atoms with Gasteiger partial charge in [0.2, 0.25) is 0 Å². The Balaban J connectivity index is 2.08. The number of hydrogen-bond acceptors (Lipinski definition) is 1. The quantitative estimate of drug-likeness (QED) is 0.773. The van der Waals surface area contributed by atoms with Gasteiger partial charge in [0, 0.05) is 0 Å². The molecule has 1 aromatic carbocycles. The van der Waals surface area contributed by atoms with Crippen LogP contribution in [0.2, 0.25) is 0 Å². The van der Waals surface area contributed by atoms with Crippen LogP contribution in [0.1, 0.15) is 31.2 Å². The zero-order valence-electron chi connectivity index (χ0n) is 8.42. The molecule has 0 atom stereocenters. The van der Waals surface area contributed by atoms with Crippen LogP contribution >= 0.6 is 15.9 Å². The highest BCUT2D eigenvalue weighted by Gasteiger charge is 2.17. The van der Waals surface area contributed by atoms with E-state index >= 15 is 0 Å². The lowest BCUT2D eigenvalue weighted by Gasteiger charge is -2.14. The highest BCUT2D eigenvalue weighted by molar-refractivity contribution is 9.10. The van der Waals surface area contributed by atoms with Crippen molar-refractivity contribution in [1.29, 1.82) is 0 Å². The average Bonchev–Trinajstić information content (AvgIpc) is 2.62. The first-order valence-corrected chi connectivity index (χ1v) is 5.98. The van der Waals surface area contributed by atoms with Gasteiger partial charge in [-0.15, -0.1) is 0 Å². The van der Waals surface area contributed by atoms with Gasteiger partial charge in [0.25, 0.3) is 0 Å². The molecule has 2 heteroatoms. The Hall–Kier alpha value is -0.500. The summed E-state index contributed by atoms with van der Waals surface area (Å²) in [6, 6.07) is 6.25. The molecular formula is C12H15BrO. The molecule has 1 aliphatic carbocycles. The molecule has 0 bridgehead atoms. The van der Waals surface area contributed by atoms with Gasteiger partial charge in [0.15, 0.2) is 0 Å². The molecule has 2 rings (SSSR count). The third-order valence-electron chi connectivity index (χ3n) is 2.68. The van der Waals surface area contributed by atoms with Gasteiger partial charge in [-0.3, -0.25) is 0 Å². The van der Waals surface area contributed by atoms with E-state index in [1.807, 2.05) is 0 Å². The van der Waals surface area contributed by atoms with Crippen molar-refractivity contribution in [1.82, 2.24) is 0 Å². The van der Waals surface area contributed by atoms with E-state index in [1.165, 1.54) is 31.2 Å². The minimum Gasteiger partial charge on any atom is -0.489 e. The van der Waals surface area contributed by atoms with Crippen molar-refractivity contribution in [3.8, 4) is 5.75 Å². The lowest BCUT2D eigenvalue weighted by atomic mass is 10.2. The van der Waals surface area contributed by atoms with Crippen molar-refractivity contribution >= 4 is 15.9 Å². The van der Waals surface area contributed by atoms with Crippen LogP contribution in [0.25, 0.3) is 0 Å². The highest BCUT2D eigenvalue weighted by atomic mass is 79.9. The molecule has 0 unspecified atom stereocenters. The van der Waals surface area contributed by atoms with E-state index < -0.39 is 0 Å². The monoisotopic (exact) mass is 254 g/mol. The fourth-order valence-electron chi connectivity index (χ4n) is 1.89. The zero-order chi connectivity index (χ0) is 9.97. The Bertz CT molecular complexity index is 316. The molecule has 0 amide bonds. The predicted octanol–water partition coefficient (Wildman–Crippen LogP) is 4.08. The summed E-state index contributed by atoms with van der Waals surface area (Å²) in [6.07, 6.45) is 5.48. The summed E-state index contributed by atoms with van der Waals surface area (Å²) >= 11 is 3.53.